The number of hydrogen-bond acceptors (Lipinski definition) is 4. The van der Waals surface area contributed by atoms with E-state index in [4.69, 9.17) is 0 Å². The van der Waals surface area contributed by atoms with Gasteiger partial charge >= 0.3 is 0 Å². The fourth-order valence-corrected chi connectivity index (χ4v) is 4.17. The van der Waals surface area contributed by atoms with Crippen molar-refractivity contribution in [2.45, 2.75) is 43.7 Å². The van der Waals surface area contributed by atoms with Crippen LogP contribution >= 0.6 is 12.4 Å². The third kappa shape index (κ3) is 5.47. The van der Waals surface area contributed by atoms with E-state index < -0.39 is 10.0 Å². The average Bonchev–Trinajstić information content (AvgIpc) is 2.65. The van der Waals surface area contributed by atoms with Crippen LogP contribution in [0.15, 0.2) is 53.4 Å². The van der Waals surface area contributed by atoms with Crippen LogP contribution in [0.4, 0.5) is 5.69 Å². The van der Waals surface area contributed by atoms with Crippen molar-refractivity contribution >= 4 is 34.0 Å². The van der Waals surface area contributed by atoms with Crippen molar-refractivity contribution in [1.82, 2.24) is 10.6 Å². The summed E-state index contributed by atoms with van der Waals surface area (Å²) in [5, 5.41) is 6.36. The van der Waals surface area contributed by atoms with Crippen LogP contribution < -0.4 is 15.4 Å². The van der Waals surface area contributed by atoms with Crippen molar-refractivity contribution in [3.8, 4) is 0 Å². The number of aryl methyl sites for hydroxylation is 1. The number of nitrogens with one attached hydrogen (secondary N) is 3. The van der Waals surface area contributed by atoms with E-state index in [1.54, 1.807) is 24.3 Å². The van der Waals surface area contributed by atoms with Crippen LogP contribution in [0.2, 0.25) is 0 Å². The second-order valence-electron chi connectivity index (χ2n) is 6.96. The topological polar surface area (TPSA) is 87.3 Å². The van der Waals surface area contributed by atoms with E-state index in [2.05, 4.69) is 22.3 Å². The second-order valence-corrected chi connectivity index (χ2v) is 8.64. The van der Waals surface area contributed by atoms with Crippen molar-refractivity contribution in [3.63, 3.8) is 0 Å². The van der Waals surface area contributed by atoms with Gasteiger partial charge in [0.1, 0.15) is 0 Å². The fraction of sp³-hybridized carbons (Fsp3) is 0.350. The van der Waals surface area contributed by atoms with Gasteiger partial charge in [0.15, 0.2) is 0 Å². The molecular weight excluding hydrogens is 398 g/mol. The number of rotatable bonds is 5. The van der Waals surface area contributed by atoms with E-state index >= 15 is 0 Å². The lowest BCUT2D eigenvalue weighted by atomic mass is 9.99. The third-order valence-corrected chi connectivity index (χ3v) is 6.21. The molecule has 152 valence electrons. The number of halogens is 1. The standard InChI is InChI=1S/C20H25N3O3S.ClH/c1-14-5-9-17(10-6-14)23-27(25,26)18-11-7-16(8-12-18)20(24)22-19-4-3-13-21-15(19)2;/h5-12,15,19,21,23H,3-4,13H2,1-2H3,(H,22,24);1H. The number of anilines is 1. The molecule has 0 aliphatic carbocycles. The van der Waals surface area contributed by atoms with Gasteiger partial charge in [0.25, 0.3) is 15.9 Å². The molecule has 1 heterocycles. The van der Waals surface area contributed by atoms with Gasteiger partial charge in [-0.3, -0.25) is 9.52 Å². The molecule has 1 amide bonds. The Morgan fingerprint density at radius 3 is 2.32 bits per heavy atom. The van der Waals surface area contributed by atoms with Gasteiger partial charge in [-0.15, -0.1) is 12.4 Å². The van der Waals surface area contributed by atoms with E-state index in [1.807, 2.05) is 19.1 Å². The first-order valence-electron chi connectivity index (χ1n) is 9.09. The zero-order valence-electron chi connectivity index (χ0n) is 15.9. The molecule has 0 bridgehead atoms. The fourth-order valence-electron chi connectivity index (χ4n) is 3.11. The number of benzene rings is 2. The Labute approximate surface area is 172 Å². The molecule has 1 aliphatic rings. The molecule has 2 aromatic carbocycles. The molecule has 0 radical (unpaired) electrons. The van der Waals surface area contributed by atoms with Crippen LogP contribution in [0.1, 0.15) is 35.7 Å². The summed E-state index contributed by atoms with van der Waals surface area (Å²) in [4.78, 5) is 12.6. The molecule has 0 saturated carbocycles. The van der Waals surface area contributed by atoms with Crippen LogP contribution in [-0.2, 0) is 10.0 Å². The summed E-state index contributed by atoms with van der Waals surface area (Å²) in [6.07, 6.45) is 1.96. The molecule has 3 N–H and O–H groups in total. The summed E-state index contributed by atoms with van der Waals surface area (Å²) in [5.74, 6) is -0.189. The molecule has 8 heteroatoms. The Morgan fingerprint density at radius 1 is 1.07 bits per heavy atom. The summed E-state index contributed by atoms with van der Waals surface area (Å²) in [6, 6.07) is 13.4. The molecule has 2 unspecified atom stereocenters. The van der Waals surface area contributed by atoms with Crippen molar-refractivity contribution < 1.29 is 13.2 Å². The molecule has 0 aromatic heterocycles. The predicted octanol–water partition coefficient (Wildman–Crippen LogP) is 3.09. The number of piperidine rings is 1. The lowest BCUT2D eigenvalue weighted by Crippen LogP contribution is -2.51. The molecule has 1 aliphatic heterocycles. The van der Waals surface area contributed by atoms with Gasteiger partial charge in [-0.2, -0.15) is 0 Å². The maximum Gasteiger partial charge on any atom is 0.261 e. The van der Waals surface area contributed by atoms with E-state index in [-0.39, 0.29) is 35.3 Å². The third-order valence-electron chi connectivity index (χ3n) is 4.81. The van der Waals surface area contributed by atoms with Crippen LogP contribution in [0.3, 0.4) is 0 Å². The molecule has 6 nitrogen and oxygen atoms in total. The first-order valence-corrected chi connectivity index (χ1v) is 10.6. The zero-order valence-corrected chi connectivity index (χ0v) is 17.6. The maximum absolute atomic E-state index is 12.5. The highest BCUT2D eigenvalue weighted by atomic mass is 35.5. The van der Waals surface area contributed by atoms with Crippen molar-refractivity contribution in [1.29, 1.82) is 0 Å². The molecule has 1 fully saturated rings. The number of carbonyl (C=O) groups is 1. The van der Waals surface area contributed by atoms with Gasteiger partial charge in [0.2, 0.25) is 0 Å². The highest BCUT2D eigenvalue weighted by molar-refractivity contribution is 7.92. The average molecular weight is 424 g/mol. The molecule has 0 spiro atoms. The number of hydrogen-bond donors (Lipinski definition) is 3. The van der Waals surface area contributed by atoms with Gasteiger partial charge < -0.3 is 10.6 Å². The van der Waals surface area contributed by atoms with E-state index in [9.17, 15) is 13.2 Å². The summed E-state index contributed by atoms with van der Waals surface area (Å²) in [5.41, 5.74) is 2.00. The van der Waals surface area contributed by atoms with Crippen molar-refractivity contribution in [2.24, 2.45) is 0 Å². The molecule has 1 saturated heterocycles. The van der Waals surface area contributed by atoms with Crippen LogP contribution in [0, 0.1) is 6.92 Å². The lowest BCUT2D eigenvalue weighted by Gasteiger charge is -2.30. The highest BCUT2D eigenvalue weighted by Gasteiger charge is 2.23. The van der Waals surface area contributed by atoms with Gasteiger partial charge in [0, 0.05) is 23.3 Å². The highest BCUT2D eigenvalue weighted by Crippen LogP contribution is 2.17. The Morgan fingerprint density at radius 2 is 1.71 bits per heavy atom. The summed E-state index contributed by atoms with van der Waals surface area (Å²) < 4.78 is 27.6. The van der Waals surface area contributed by atoms with E-state index in [0.717, 1.165) is 24.9 Å². The Kier molecular flexibility index (Phi) is 7.46. The monoisotopic (exact) mass is 423 g/mol. The zero-order chi connectivity index (χ0) is 19.4. The van der Waals surface area contributed by atoms with Gasteiger partial charge in [-0.1, -0.05) is 17.7 Å². The van der Waals surface area contributed by atoms with Crippen LogP contribution in [0.25, 0.3) is 0 Å². The SMILES string of the molecule is Cc1ccc(NS(=O)(=O)c2ccc(C(=O)NC3CCCNC3C)cc2)cc1.Cl. The van der Waals surface area contributed by atoms with Crippen LogP contribution in [0.5, 0.6) is 0 Å². The van der Waals surface area contributed by atoms with Gasteiger partial charge in [0.05, 0.1) is 4.90 Å². The number of sulfonamides is 1. The quantitative estimate of drug-likeness (QED) is 0.689. The smallest absolute Gasteiger partial charge is 0.261 e. The van der Waals surface area contributed by atoms with Gasteiger partial charge in [-0.05, 0) is 69.6 Å². The second kappa shape index (κ2) is 9.41. The van der Waals surface area contributed by atoms with E-state index in [0.29, 0.717) is 11.3 Å². The maximum atomic E-state index is 12.5. The minimum absolute atomic E-state index is 0. The first-order chi connectivity index (χ1) is 12.8. The molecule has 3 rings (SSSR count). The normalized spacial score (nSPS) is 19.4. The molecule has 2 atom stereocenters. The van der Waals surface area contributed by atoms with Crippen LogP contribution in [-0.4, -0.2) is 33.0 Å². The minimum atomic E-state index is -3.70. The predicted molar refractivity (Wildman–Crippen MR) is 114 cm³/mol. The molecule has 2 aromatic rings. The number of carbonyl (C=O) groups excluding carboxylic acids is 1. The van der Waals surface area contributed by atoms with Crippen molar-refractivity contribution in [2.75, 3.05) is 11.3 Å². The minimum Gasteiger partial charge on any atom is -0.348 e. The molecule has 28 heavy (non-hydrogen) atoms. The van der Waals surface area contributed by atoms with Gasteiger partial charge in [-0.25, -0.2) is 8.42 Å². The number of amides is 1. The largest absolute Gasteiger partial charge is 0.348 e. The summed E-state index contributed by atoms with van der Waals surface area (Å²) in [6.45, 7) is 4.96. The molecular formula is C20H26ClN3O3S. The Bertz CT molecular complexity index is 899. The lowest BCUT2D eigenvalue weighted by molar-refractivity contribution is 0.0919. The Balaban J connectivity index is 0.00000280. The first kappa shape index (κ1) is 22.2. The van der Waals surface area contributed by atoms with Crippen molar-refractivity contribution in [3.05, 3.63) is 59.7 Å². The summed E-state index contributed by atoms with van der Waals surface area (Å²) in [7, 11) is -3.70. The Hall–Kier alpha value is -2.09. The summed E-state index contributed by atoms with van der Waals surface area (Å²) >= 11 is 0. The van der Waals surface area contributed by atoms with E-state index in [1.165, 1.54) is 12.1 Å².